The highest BCUT2D eigenvalue weighted by Gasteiger charge is 2.29. The fourth-order valence-corrected chi connectivity index (χ4v) is 3.38. The van der Waals surface area contributed by atoms with Crippen molar-refractivity contribution in [3.8, 4) is 11.1 Å². The zero-order valence-corrected chi connectivity index (χ0v) is 19.0. The fraction of sp³-hybridized carbons (Fsp3) is 0.185. The lowest BCUT2D eigenvalue weighted by molar-refractivity contribution is -0.137. The zero-order valence-electron chi connectivity index (χ0n) is 19.0. The van der Waals surface area contributed by atoms with Crippen LogP contribution in [0.1, 0.15) is 37.7 Å². The molecule has 0 radical (unpaired) electrons. The van der Waals surface area contributed by atoms with E-state index in [1.165, 1.54) is 12.1 Å². The third-order valence-electron chi connectivity index (χ3n) is 5.34. The number of aromatic amines is 1. The second kappa shape index (κ2) is 8.82. The molecule has 0 bridgehead atoms. The van der Waals surface area contributed by atoms with E-state index in [1.807, 2.05) is 63.2 Å². The largest absolute Gasteiger partial charge is 0.416 e. The highest BCUT2D eigenvalue weighted by Crippen LogP contribution is 2.32. The second-order valence-electron chi connectivity index (χ2n) is 9.06. The minimum absolute atomic E-state index is 0.0727. The van der Waals surface area contributed by atoms with E-state index in [0.29, 0.717) is 11.4 Å². The molecule has 174 valence electrons. The van der Waals surface area contributed by atoms with Crippen LogP contribution in [-0.4, -0.2) is 15.9 Å². The van der Waals surface area contributed by atoms with Crippen LogP contribution in [0.2, 0.25) is 0 Å². The predicted molar refractivity (Wildman–Crippen MR) is 130 cm³/mol. The normalized spacial score (nSPS) is 12.4. The first kappa shape index (κ1) is 23.3. The van der Waals surface area contributed by atoms with Crippen molar-refractivity contribution in [2.24, 2.45) is 5.41 Å². The average Bonchev–Trinajstić information content (AvgIpc) is 3.19. The van der Waals surface area contributed by atoms with E-state index in [1.54, 1.807) is 12.2 Å². The van der Waals surface area contributed by atoms with E-state index < -0.39 is 17.2 Å². The number of halogens is 3. The lowest BCUT2D eigenvalue weighted by atomic mass is 9.95. The van der Waals surface area contributed by atoms with Gasteiger partial charge in [-0.3, -0.25) is 4.79 Å². The Bertz CT molecular complexity index is 1360. The van der Waals surface area contributed by atoms with Gasteiger partial charge in [0, 0.05) is 16.7 Å². The van der Waals surface area contributed by atoms with Crippen LogP contribution < -0.4 is 5.32 Å². The number of anilines is 1. The van der Waals surface area contributed by atoms with Crippen LogP contribution in [-0.2, 0) is 11.0 Å². The van der Waals surface area contributed by atoms with Crippen molar-refractivity contribution in [2.45, 2.75) is 26.9 Å². The summed E-state index contributed by atoms with van der Waals surface area (Å²) in [6.45, 7) is 5.58. The molecule has 7 heteroatoms. The first-order chi connectivity index (χ1) is 16.0. The molecule has 4 aromatic rings. The predicted octanol–water partition coefficient (Wildman–Crippen LogP) is 7.40. The summed E-state index contributed by atoms with van der Waals surface area (Å²) >= 11 is 0. The Morgan fingerprint density at radius 1 is 0.941 bits per heavy atom. The molecule has 4 nitrogen and oxygen atoms in total. The number of imidazole rings is 1. The maximum Gasteiger partial charge on any atom is 0.416 e. The smallest absolute Gasteiger partial charge is 0.338 e. The van der Waals surface area contributed by atoms with E-state index in [0.717, 1.165) is 40.0 Å². The molecule has 1 heterocycles. The molecular formula is C27H24F3N3O. The molecule has 0 aliphatic heterocycles. The number of fused-ring (bicyclic) bond motifs is 1. The number of amides is 1. The summed E-state index contributed by atoms with van der Waals surface area (Å²) in [5.74, 6) is 0.512. The highest BCUT2D eigenvalue weighted by molar-refractivity contribution is 5.99. The summed E-state index contributed by atoms with van der Waals surface area (Å²) in [7, 11) is 0. The number of nitrogens with one attached hydrogen (secondary N) is 2. The number of rotatable bonds is 4. The van der Waals surface area contributed by atoms with Gasteiger partial charge in [0.15, 0.2) is 0 Å². The molecule has 0 unspecified atom stereocenters. The molecule has 0 fully saturated rings. The average molecular weight is 464 g/mol. The number of nitrogens with zero attached hydrogens (tertiary/aromatic N) is 1. The number of benzene rings is 3. The van der Waals surface area contributed by atoms with Crippen LogP contribution in [0.4, 0.5) is 18.9 Å². The van der Waals surface area contributed by atoms with Gasteiger partial charge < -0.3 is 10.3 Å². The Labute approximate surface area is 195 Å². The Kier molecular flexibility index (Phi) is 6.04. The Hall–Kier alpha value is -3.87. The molecule has 0 saturated carbocycles. The van der Waals surface area contributed by atoms with E-state index in [9.17, 15) is 18.0 Å². The molecule has 0 aliphatic carbocycles. The van der Waals surface area contributed by atoms with Crippen molar-refractivity contribution in [3.63, 3.8) is 0 Å². The van der Waals surface area contributed by atoms with Gasteiger partial charge in [-0.15, -0.1) is 0 Å². The van der Waals surface area contributed by atoms with Crippen molar-refractivity contribution < 1.29 is 18.0 Å². The monoisotopic (exact) mass is 463 g/mol. The molecule has 0 saturated heterocycles. The van der Waals surface area contributed by atoms with Crippen molar-refractivity contribution in [1.82, 2.24) is 9.97 Å². The molecule has 1 amide bonds. The Morgan fingerprint density at radius 3 is 2.32 bits per heavy atom. The lowest BCUT2D eigenvalue weighted by Gasteiger charge is -2.19. The third kappa shape index (κ3) is 5.20. The minimum Gasteiger partial charge on any atom is -0.338 e. The first-order valence-electron chi connectivity index (χ1n) is 10.8. The zero-order chi connectivity index (χ0) is 24.5. The van der Waals surface area contributed by atoms with Gasteiger partial charge in [0.2, 0.25) is 5.91 Å². The van der Waals surface area contributed by atoms with E-state index in [4.69, 9.17) is 0 Å². The maximum atomic E-state index is 12.7. The van der Waals surface area contributed by atoms with Gasteiger partial charge in [0.05, 0.1) is 16.6 Å². The maximum absolute atomic E-state index is 12.7. The number of H-pyrrole nitrogens is 1. The van der Waals surface area contributed by atoms with Crippen molar-refractivity contribution in [1.29, 1.82) is 0 Å². The summed E-state index contributed by atoms with van der Waals surface area (Å²) in [5.41, 5.74) is 3.51. The molecule has 0 aliphatic rings. The Morgan fingerprint density at radius 2 is 1.65 bits per heavy atom. The molecule has 4 rings (SSSR count). The quantitative estimate of drug-likeness (QED) is 0.331. The van der Waals surface area contributed by atoms with Gasteiger partial charge in [-0.2, -0.15) is 13.2 Å². The molecule has 0 spiro atoms. The second-order valence-corrected chi connectivity index (χ2v) is 9.06. The number of aromatic nitrogens is 2. The van der Waals surface area contributed by atoms with Gasteiger partial charge in [0.25, 0.3) is 0 Å². The molecule has 34 heavy (non-hydrogen) atoms. The summed E-state index contributed by atoms with van der Waals surface area (Å²) in [6, 6.07) is 18.3. The van der Waals surface area contributed by atoms with Crippen molar-refractivity contribution in [2.75, 3.05) is 5.32 Å². The van der Waals surface area contributed by atoms with Crippen LogP contribution in [0.3, 0.4) is 0 Å². The summed E-state index contributed by atoms with van der Waals surface area (Å²) in [4.78, 5) is 20.3. The van der Waals surface area contributed by atoms with Crippen LogP contribution in [0.25, 0.3) is 34.3 Å². The fourth-order valence-electron chi connectivity index (χ4n) is 3.38. The number of hydrogen-bond acceptors (Lipinski definition) is 2. The molecule has 1 aromatic heterocycles. The van der Waals surface area contributed by atoms with Gasteiger partial charge in [-0.25, -0.2) is 4.98 Å². The minimum atomic E-state index is -4.35. The van der Waals surface area contributed by atoms with Crippen LogP contribution in [0.15, 0.2) is 66.7 Å². The molecule has 0 atom stereocenters. The number of carbonyl (C=O) groups excluding carboxylic acids is 1. The summed E-state index contributed by atoms with van der Waals surface area (Å²) < 4.78 is 38.2. The van der Waals surface area contributed by atoms with Crippen LogP contribution >= 0.6 is 0 Å². The first-order valence-corrected chi connectivity index (χ1v) is 10.8. The van der Waals surface area contributed by atoms with Gasteiger partial charge >= 0.3 is 6.18 Å². The molecule has 2 N–H and O–H groups in total. The Balaban J connectivity index is 1.59. The SMILES string of the molecule is CC(C)(C)C(=O)Nc1ccccc1-c1ccc2[nH]c(C=Cc3ccc(C(F)(F)F)cc3)nc2c1. The van der Waals surface area contributed by atoms with Gasteiger partial charge in [-0.1, -0.05) is 63.2 Å². The number of alkyl halides is 3. The topological polar surface area (TPSA) is 57.8 Å². The molecule has 3 aromatic carbocycles. The van der Waals surface area contributed by atoms with Crippen LogP contribution in [0.5, 0.6) is 0 Å². The van der Waals surface area contributed by atoms with Crippen molar-refractivity contribution in [3.05, 3.63) is 83.7 Å². The van der Waals surface area contributed by atoms with Crippen molar-refractivity contribution >= 4 is 34.8 Å². The molecular weight excluding hydrogens is 439 g/mol. The number of para-hydroxylation sites is 1. The van der Waals surface area contributed by atoms with E-state index >= 15 is 0 Å². The lowest BCUT2D eigenvalue weighted by Crippen LogP contribution is -2.27. The third-order valence-corrected chi connectivity index (χ3v) is 5.34. The van der Waals surface area contributed by atoms with Gasteiger partial charge in [-0.05, 0) is 47.5 Å². The van der Waals surface area contributed by atoms with Crippen LogP contribution in [0, 0.1) is 5.41 Å². The van der Waals surface area contributed by atoms with E-state index in [2.05, 4.69) is 15.3 Å². The standard InChI is InChI=1S/C27H24F3N3O/c1-26(2,3)25(34)33-21-7-5-4-6-20(21)18-11-14-22-23(16-18)32-24(31-22)15-10-17-8-12-19(13-9-17)27(28,29)30/h4-16H,1-3H3,(H,31,32)(H,33,34). The summed E-state index contributed by atoms with van der Waals surface area (Å²) in [6.07, 6.45) is -0.928. The number of carbonyl (C=O) groups is 1. The number of hydrogen-bond donors (Lipinski definition) is 2. The van der Waals surface area contributed by atoms with E-state index in [-0.39, 0.29) is 5.91 Å². The van der Waals surface area contributed by atoms with Gasteiger partial charge in [0.1, 0.15) is 5.82 Å². The summed E-state index contributed by atoms with van der Waals surface area (Å²) in [5, 5.41) is 3.01. The highest BCUT2D eigenvalue weighted by atomic mass is 19.4.